The van der Waals surface area contributed by atoms with E-state index in [1.165, 1.54) is 44.6 Å². The molecular formula is C26H29ClN2O6S. The molecule has 0 atom stereocenters. The minimum Gasteiger partial charge on any atom is -0.493 e. The third kappa shape index (κ3) is 6.61. The molecule has 0 radical (unpaired) electrons. The summed E-state index contributed by atoms with van der Waals surface area (Å²) in [5, 5.41) is 3.16. The molecule has 3 aromatic rings. The minimum atomic E-state index is -4.14. The predicted octanol–water partition coefficient (Wildman–Crippen LogP) is 4.36. The van der Waals surface area contributed by atoms with Crippen molar-refractivity contribution in [2.24, 2.45) is 0 Å². The molecule has 3 aromatic carbocycles. The highest BCUT2D eigenvalue weighted by molar-refractivity contribution is 7.92. The number of aryl methyl sites for hydroxylation is 2. The number of sulfonamides is 1. The molecule has 1 amide bonds. The van der Waals surface area contributed by atoms with Gasteiger partial charge in [0.2, 0.25) is 5.91 Å². The van der Waals surface area contributed by atoms with Crippen LogP contribution in [-0.2, 0) is 14.8 Å². The Labute approximate surface area is 216 Å². The maximum atomic E-state index is 13.6. The first kappa shape index (κ1) is 27.2. The van der Waals surface area contributed by atoms with Gasteiger partial charge in [-0.25, -0.2) is 8.42 Å². The number of carbonyl (C=O) groups excluding carboxylic acids is 1. The van der Waals surface area contributed by atoms with E-state index in [0.717, 1.165) is 21.2 Å². The SMILES string of the molecule is COc1ccc(S(=O)(=O)N(CC(=O)NCCOc2cc(C)ccc2C)c2ccc(Cl)cc2)cc1OC. The molecule has 0 heterocycles. The summed E-state index contributed by atoms with van der Waals surface area (Å²) in [6.45, 7) is 3.91. The van der Waals surface area contributed by atoms with Gasteiger partial charge in [-0.1, -0.05) is 23.7 Å². The smallest absolute Gasteiger partial charge is 0.264 e. The number of benzene rings is 3. The van der Waals surface area contributed by atoms with E-state index in [0.29, 0.717) is 10.8 Å². The molecule has 192 valence electrons. The summed E-state index contributed by atoms with van der Waals surface area (Å²) < 4.78 is 44.4. The van der Waals surface area contributed by atoms with Crippen molar-refractivity contribution in [1.29, 1.82) is 0 Å². The standard InChI is InChI=1S/C26H29ClN2O6S/c1-18-5-6-19(2)24(15-18)35-14-13-28-26(30)17-29(21-9-7-20(27)8-10-21)36(31,32)22-11-12-23(33-3)25(16-22)34-4/h5-12,15-16H,13-14,17H2,1-4H3,(H,28,30). The molecule has 0 saturated carbocycles. The fourth-order valence-corrected chi connectivity index (χ4v) is 4.99. The Morgan fingerprint density at radius 2 is 1.61 bits per heavy atom. The van der Waals surface area contributed by atoms with E-state index in [1.807, 2.05) is 32.0 Å². The summed E-state index contributed by atoms with van der Waals surface area (Å²) in [6.07, 6.45) is 0. The largest absolute Gasteiger partial charge is 0.493 e. The molecule has 10 heteroatoms. The maximum absolute atomic E-state index is 13.6. The third-order valence-electron chi connectivity index (χ3n) is 5.37. The lowest BCUT2D eigenvalue weighted by molar-refractivity contribution is -0.119. The fourth-order valence-electron chi connectivity index (χ4n) is 3.43. The van der Waals surface area contributed by atoms with E-state index in [9.17, 15) is 13.2 Å². The highest BCUT2D eigenvalue weighted by atomic mass is 35.5. The quantitative estimate of drug-likeness (QED) is 0.369. The Balaban J connectivity index is 1.77. The van der Waals surface area contributed by atoms with Crippen LogP contribution in [0.1, 0.15) is 11.1 Å². The lowest BCUT2D eigenvalue weighted by Crippen LogP contribution is -2.42. The Morgan fingerprint density at radius 3 is 2.28 bits per heavy atom. The normalized spacial score (nSPS) is 11.0. The zero-order valence-corrected chi connectivity index (χ0v) is 22.2. The second-order valence-electron chi connectivity index (χ2n) is 7.97. The molecule has 0 aliphatic heterocycles. The van der Waals surface area contributed by atoms with Gasteiger partial charge in [-0.05, 0) is 67.4 Å². The van der Waals surface area contributed by atoms with E-state index in [-0.39, 0.29) is 29.5 Å². The molecule has 8 nitrogen and oxygen atoms in total. The fraction of sp³-hybridized carbons (Fsp3) is 0.269. The molecule has 3 rings (SSSR count). The number of nitrogens with one attached hydrogen (secondary N) is 1. The van der Waals surface area contributed by atoms with E-state index in [1.54, 1.807) is 12.1 Å². The van der Waals surface area contributed by atoms with Crippen LogP contribution in [-0.4, -0.2) is 48.2 Å². The summed E-state index contributed by atoms with van der Waals surface area (Å²) in [4.78, 5) is 12.7. The van der Waals surface area contributed by atoms with Crippen LogP contribution in [0.15, 0.2) is 65.6 Å². The maximum Gasteiger partial charge on any atom is 0.264 e. The van der Waals surface area contributed by atoms with Gasteiger partial charge in [0.15, 0.2) is 11.5 Å². The van der Waals surface area contributed by atoms with Crippen molar-refractivity contribution in [2.45, 2.75) is 18.7 Å². The van der Waals surface area contributed by atoms with Gasteiger partial charge < -0.3 is 19.5 Å². The Morgan fingerprint density at radius 1 is 0.917 bits per heavy atom. The van der Waals surface area contributed by atoms with Gasteiger partial charge in [-0.3, -0.25) is 9.10 Å². The number of carbonyl (C=O) groups is 1. The lowest BCUT2D eigenvalue weighted by atomic mass is 10.1. The van der Waals surface area contributed by atoms with Gasteiger partial charge in [0.05, 0.1) is 31.3 Å². The number of methoxy groups -OCH3 is 2. The Kier molecular flexibility index (Phi) is 9.06. The first-order valence-corrected chi connectivity index (χ1v) is 12.9. The zero-order chi connectivity index (χ0) is 26.3. The number of nitrogens with zero attached hydrogens (tertiary/aromatic N) is 1. The van der Waals surface area contributed by atoms with Crippen LogP contribution >= 0.6 is 11.6 Å². The number of halogens is 1. The first-order chi connectivity index (χ1) is 17.1. The summed E-state index contributed by atoms with van der Waals surface area (Å²) in [6, 6.07) is 16.3. The highest BCUT2D eigenvalue weighted by Gasteiger charge is 2.28. The van der Waals surface area contributed by atoms with Crippen LogP contribution in [0, 0.1) is 13.8 Å². The summed E-state index contributed by atoms with van der Waals surface area (Å²) in [5.41, 5.74) is 2.34. The van der Waals surface area contributed by atoms with Gasteiger partial charge in [-0.2, -0.15) is 0 Å². The molecule has 0 fully saturated rings. The predicted molar refractivity (Wildman–Crippen MR) is 140 cm³/mol. The zero-order valence-electron chi connectivity index (χ0n) is 20.6. The van der Waals surface area contributed by atoms with Gasteiger partial charge in [0.25, 0.3) is 10.0 Å². The van der Waals surface area contributed by atoms with Gasteiger partial charge in [0, 0.05) is 11.1 Å². The summed E-state index contributed by atoms with van der Waals surface area (Å²) in [5.74, 6) is 0.889. The van der Waals surface area contributed by atoms with Crippen molar-refractivity contribution >= 4 is 33.2 Å². The van der Waals surface area contributed by atoms with Crippen molar-refractivity contribution in [2.75, 3.05) is 38.2 Å². The molecule has 1 N–H and O–H groups in total. The number of hydrogen-bond donors (Lipinski definition) is 1. The number of anilines is 1. The Hall–Kier alpha value is -3.43. The number of hydrogen-bond acceptors (Lipinski definition) is 6. The second-order valence-corrected chi connectivity index (χ2v) is 10.3. The van der Waals surface area contributed by atoms with Crippen LogP contribution in [0.5, 0.6) is 17.2 Å². The molecule has 36 heavy (non-hydrogen) atoms. The van der Waals surface area contributed by atoms with E-state index >= 15 is 0 Å². The van der Waals surface area contributed by atoms with Gasteiger partial charge in [-0.15, -0.1) is 0 Å². The van der Waals surface area contributed by atoms with Crippen LogP contribution in [0.3, 0.4) is 0 Å². The average Bonchev–Trinajstić information content (AvgIpc) is 2.87. The second kappa shape index (κ2) is 12.0. The number of ether oxygens (including phenoxy) is 3. The molecule has 0 bridgehead atoms. The topological polar surface area (TPSA) is 94.2 Å². The van der Waals surface area contributed by atoms with Crippen molar-refractivity contribution in [1.82, 2.24) is 5.32 Å². The van der Waals surface area contributed by atoms with Crippen molar-refractivity contribution in [3.63, 3.8) is 0 Å². The van der Waals surface area contributed by atoms with Crippen molar-refractivity contribution in [3.05, 3.63) is 76.8 Å². The molecule has 0 spiro atoms. The van der Waals surface area contributed by atoms with E-state index in [4.69, 9.17) is 25.8 Å². The number of rotatable bonds is 11. The number of amides is 1. The van der Waals surface area contributed by atoms with Crippen LogP contribution in [0.25, 0.3) is 0 Å². The minimum absolute atomic E-state index is 0.0545. The Bertz CT molecular complexity index is 1310. The summed E-state index contributed by atoms with van der Waals surface area (Å²) in [7, 11) is -1.27. The van der Waals surface area contributed by atoms with Crippen LogP contribution in [0.2, 0.25) is 5.02 Å². The lowest BCUT2D eigenvalue weighted by Gasteiger charge is -2.24. The monoisotopic (exact) mass is 532 g/mol. The third-order valence-corrected chi connectivity index (χ3v) is 7.39. The molecule has 0 saturated heterocycles. The van der Waals surface area contributed by atoms with Gasteiger partial charge in [0.1, 0.15) is 18.9 Å². The molecule has 0 aromatic heterocycles. The molecule has 0 aliphatic rings. The van der Waals surface area contributed by atoms with E-state index in [2.05, 4.69) is 5.32 Å². The van der Waals surface area contributed by atoms with E-state index < -0.39 is 22.5 Å². The first-order valence-electron chi connectivity index (χ1n) is 11.1. The van der Waals surface area contributed by atoms with Crippen molar-refractivity contribution in [3.8, 4) is 17.2 Å². The van der Waals surface area contributed by atoms with Gasteiger partial charge >= 0.3 is 0 Å². The van der Waals surface area contributed by atoms with Crippen LogP contribution in [0.4, 0.5) is 5.69 Å². The summed E-state index contributed by atoms with van der Waals surface area (Å²) >= 11 is 5.99. The molecule has 0 aliphatic carbocycles. The van der Waals surface area contributed by atoms with Crippen molar-refractivity contribution < 1.29 is 27.4 Å². The molecule has 0 unspecified atom stereocenters. The molecular weight excluding hydrogens is 504 g/mol. The highest BCUT2D eigenvalue weighted by Crippen LogP contribution is 2.32. The average molecular weight is 533 g/mol. The van der Waals surface area contributed by atoms with Crippen LogP contribution < -0.4 is 23.8 Å².